The molecule has 0 aliphatic rings. The van der Waals surface area contributed by atoms with Gasteiger partial charge in [0.25, 0.3) is 0 Å². The second kappa shape index (κ2) is 10.7. The first-order valence-corrected chi connectivity index (χ1v) is 9.29. The van der Waals surface area contributed by atoms with Crippen molar-refractivity contribution in [2.24, 2.45) is 0 Å². The number of carboxylic acid groups (broad SMARTS) is 1. The van der Waals surface area contributed by atoms with E-state index < -0.39 is 19.6 Å². The summed E-state index contributed by atoms with van der Waals surface area (Å²) < 4.78 is 22.4. The van der Waals surface area contributed by atoms with Crippen molar-refractivity contribution in [1.82, 2.24) is 5.32 Å². The normalized spacial score (nSPS) is 13.4. The number of aliphatic carboxylic acids is 1. The predicted molar refractivity (Wildman–Crippen MR) is 77.9 cm³/mol. The predicted octanol–water partition coefficient (Wildman–Crippen LogP) is 2.40. The van der Waals surface area contributed by atoms with E-state index in [0.717, 1.165) is 11.5 Å². The van der Waals surface area contributed by atoms with Crippen LogP contribution in [-0.2, 0) is 18.4 Å². The molecule has 8 heteroatoms. The highest BCUT2D eigenvalue weighted by atomic mass is 32.2. The van der Waals surface area contributed by atoms with Gasteiger partial charge in [0.05, 0.1) is 19.5 Å². The van der Waals surface area contributed by atoms with E-state index in [1.807, 2.05) is 6.92 Å². The van der Waals surface area contributed by atoms with Crippen LogP contribution in [0, 0.1) is 0 Å². The lowest BCUT2D eigenvalue weighted by Crippen LogP contribution is -2.38. The molecular formula is C11H24NO5PS. The first-order valence-electron chi connectivity index (χ1n) is 6.41. The van der Waals surface area contributed by atoms with E-state index in [-0.39, 0.29) is 19.5 Å². The number of hydrogen-bond donors (Lipinski definition) is 2. The summed E-state index contributed by atoms with van der Waals surface area (Å²) in [5.41, 5.74) is 0. The van der Waals surface area contributed by atoms with Crippen LogP contribution in [-0.4, -0.2) is 48.1 Å². The van der Waals surface area contributed by atoms with Crippen molar-refractivity contribution in [2.45, 2.75) is 33.2 Å². The minimum atomic E-state index is -3.23. The molecule has 6 nitrogen and oxygen atoms in total. The van der Waals surface area contributed by atoms with Crippen molar-refractivity contribution in [3.05, 3.63) is 0 Å². The Hall–Kier alpha value is -0.0700. The average Bonchev–Trinajstić information content (AvgIpc) is 2.33. The van der Waals surface area contributed by atoms with Gasteiger partial charge in [0.15, 0.2) is 0 Å². The molecule has 0 aromatic heterocycles. The minimum absolute atomic E-state index is 0.0809. The Morgan fingerprint density at radius 1 is 1.32 bits per heavy atom. The highest BCUT2D eigenvalue weighted by molar-refractivity contribution is 7.99. The van der Waals surface area contributed by atoms with E-state index in [0.29, 0.717) is 6.42 Å². The van der Waals surface area contributed by atoms with Gasteiger partial charge in [-0.3, -0.25) is 14.7 Å². The molecule has 0 spiro atoms. The summed E-state index contributed by atoms with van der Waals surface area (Å²) >= 11 is 1.67. The van der Waals surface area contributed by atoms with Gasteiger partial charge in [0, 0.05) is 0 Å². The fraction of sp³-hybridized carbons (Fsp3) is 0.909. The lowest BCUT2D eigenvalue weighted by Gasteiger charge is -2.20. The molecule has 0 aliphatic carbocycles. The number of hydrogen-bond acceptors (Lipinski definition) is 6. The Morgan fingerprint density at radius 2 is 1.89 bits per heavy atom. The molecule has 2 N–H and O–H groups in total. The van der Waals surface area contributed by atoms with Gasteiger partial charge in [0.1, 0.15) is 6.04 Å². The quantitative estimate of drug-likeness (QED) is 0.423. The van der Waals surface area contributed by atoms with E-state index >= 15 is 0 Å². The van der Waals surface area contributed by atoms with E-state index in [2.05, 4.69) is 5.32 Å². The summed E-state index contributed by atoms with van der Waals surface area (Å²) in [5.74, 6) is 0.743. The molecule has 0 radical (unpaired) electrons. The topological polar surface area (TPSA) is 84.9 Å². The first kappa shape index (κ1) is 18.9. The van der Waals surface area contributed by atoms with E-state index in [9.17, 15) is 9.36 Å². The van der Waals surface area contributed by atoms with Crippen molar-refractivity contribution in [2.75, 3.05) is 31.0 Å². The average molecular weight is 313 g/mol. The molecule has 0 saturated carbocycles. The van der Waals surface area contributed by atoms with Crippen LogP contribution in [0.4, 0.5) is 0 Å². The van der Waals surface area contributed by atoms with Gasteiger partial charge in [-0.1, -0.05) is 6.92 Å². The van der Waals surface area contributed by atoms with Crippen LogP contribution < -0.4 is 5.32 Å². The molecule has 0 aliphatic heterocycles. The van der Waals surface area contributed by atoms with Gasteiger partial charge < -0.3 is 14.2 Å². The molecule has 0 unspecified atom stereocenters. The third-order valence-electron chi connectivity index (χ3n) is 2.24. The Kier molecular flexibility index (Phi) is 10.6. The number of carbonyl (C=O) groups is 1. The third kappa shape index (κ3) is 8.65. The van der Waals surface area contributed by atoms with Crippen molar-refractivity contribution in [3.8, 4) is 0 Å². The smallest absolute Gasteiger partial charge is 0.344 e. The number of nitrogens with one attached hydrogen (secondary N) is 1. The summed E-state index contributed by atoms with van der Waals surface area (Å²) in [6.07, 6.45) is 0.397. The van der Waals surface area contributed by atoms with Crippen LogP contribution >= 0.6 is 19.4 Å². The SMILES string of the molecule is CCOP(=O)(CN[C@@H](CCSCC)C(=O)O)OCC. The van der Waals surface area contributed by atoms with E-state index in [1.165, 1.54) is 0 Å². The molecule has 0 saturated heterocycles. The summed E-state index contributed by atoms with van der Waals surface area (Å²) in [7, 11) is -3.23. The van der Waals surface area contributed by atoms with Crippen molar-refractivity contribution < 1.29 is 23.5 Å². The van der Waals surface area contributed by atoms with Crippen LogP contribution in [0.3, 0.4) is 0 Å². The summed E-state index contributed by atoms with van der Waals surface area (Å²) in [6, 6.07) is -0.728. The lowest BCUT2D eigenvalue weighted by molar-refractivity contribution is -0.139. The Labute approximate surface area is 119 Å². The van der Waals surface area contributed by atoms with Crippen molar-refractivity contribution in [3.63, 3.8) is 0 Å². The molecule has 0 bridgehead atoms. The summed E-state index contributed by atoms with van der Waals surface area (Å²) in [5, 5.41) is 11.8. The van der Waals surface area contributed by atoms with Gasteiger partial charge in [-0.15, -0.1) is 0 Å². The molecule has 0 heterocycles. The van der Waals surface area contributed by atoms with Gasteiger partial charge in [0.2, 0.25) is 0 Å². The van der Waals surface area contributed by atoms with Crippen LogP contribution in [0.2, 0.25) is 0 Å². The van der Waals surface area contributed by atoms with Gasteiger partial charge in [-0.05, 0) is 31.8 Å². The van der Waals surface area contributed by atoms with Gasteiger partial charge >= 0.3 is 13.6 Å². The fourth-order valence-electron chi connectivity index (χ4n) is 1.40. The third-order valence-corrected chi connectivity index (χ3v) is 5.04. The molecule has 0 amide bonds. The zero-order valence-electron chi connectivity index (χ0n) is 11.8. The lowest BCUT2D eigenvalue weighted by atomic mass is 10.2. The van der Waals surface area contributed by atoms with Gasteiger partial charge in [-0.25, -0.2) is 0 Å². The van der Waals surface area contributed by atoms with Crippen molar-refractivity contribution >= 4 is 25.3 Å². The van der Waals surface area contributed by atoms with Crippen LogP contribution in [0.1, 0.15) is 27.2 Å². The maximum Gasteiger partial charge on any atom is 0.344 e. The maximum atomic E-state index is 12.2. The number of carboxylic acids is 1. The molecule has 1 atom stereocenters. The summed E-state index contributed by atoms with van der Waals surface area (Å²) in [4.78, 5) is 11.1. The molecule has 19 heavy (non-hydrogen) atoms. The number of rotatable bonds is 12. The zero-order chi connectivity index (χ0) is 14.7. The Bertz CT molecular complexity index is 293. The molecule has 0 rings (SSSR count). The van der Waals surface area contributed by atoms with E-state index in [1.54, 1.807) is 25.6 Å². The highest BCUT2D eigenvalue weighted by Crippen LogP contribution is 2.46. The minimum Gasteiger partial charge on any atom is -0.480 e. The van der Waals surface area contributed by atoms with Crippen LogP contribution in [0.15, 0.2) is 0 Å². The molecule has 0 fully saturated rings. The van der Waals surface area contributed by atoms with Crippen molar-refractivity contribution in [1.29, 1.82) is 0 Å². The Balaban J connectivity index is 4.33. The fourth-order valence-corrected chi connectivity index (χ4v) is 3.58. The summed E-state index contributed by atoms with van der Waals surface area (Å²) in [6.45, 7) is 5.99. The number of thioether (sulfide) groups is 1. The van der Waals surface area contributed by atoms with Gasteiger partial charge in [-0.2, -0.15) is 11.8 Å². The standard InChI is InChI=1S/C11H24NO5PS/c1-4-16-18(15,17-5-2)9-12-10(11(13)14)7-8-19-6-3/h10,12H,4-9H2,1-3H3,(H,13,14)/t10-/m0/s1. The second-order valence-electron chi connectivity index (χ2n) is 3.69. The van der Waals surface area contributed by atoms with Crippen LogP contribution in [0.25, 0.3) is 0 Å². The molecule has 0 aromatic rings. The maximum absolute atomic E-state index is 12.2. The van der Waals surface area contributed by atoms with E-state index in [4.69, 9.17) is 14.2 Å². The van der Waals surface area contributed by atoms with Crippen LogP contribution in [0.5, 0.6) is 0 Å². The zero-order valence-corrected chi connectivity index (χ0v) is 13.5. The largest absolute Gasteiger partial charge is 0.480 e. The molecule has 0 aromatic carbocycles. The second-order valence-corrected chi connectivity index (χ2v) is 7.13. The Morgan fingerprint density at radius 3 is 2.32 bits per heavy atom. The highest BCUT2D eigenvalue weighted by Gasteiger charge is 2.26. The monoisotopic (exact) mass is 313 g/mol. The first-order chi connectivity index (χ1) is 8.99. The molecular weight excluding hydrogens is 289 g/mol. The molecule has 114 valence electrons.